The van der Waals surface area contributed by atoms with Crippen molar-refractivity contribution < 1.29 is 0 Å². The van der Waals surface area contributed by atoms with Crippen molar-refractivity contribution in [3.05, 3.63) is 35.4 Å². The zero-order chi connectivity index (χ0) is 29.7. The van der Waals surface area contributed by atoms with Crippen LogP contribution in [0.25, 0.3) is 0 Å². The van der Waals surface area contributed by atoms with E-state index in [1.165, 1.54) is 180 Å². The fourth-order valence-electron chi connectivity index (χ4n) is 6.98. The first-order valence-electron chi connectivity index (χ1n) is 18.4. The van der Waals surface area contributed by atoms with E-state index in [9.17, 15) is 0 Å². The molecular weight excluding hydrogens is 514 g/mol. The van der Waals surface area contributed by atoms with Gasteiger partial charge in [0.15, 0.2) is 0 Å². The summed E-state index contributed by atoms with van der Waals surface area (Å²) in [6.07, 6.45) is 17.6. The Morgan fingerprint density at radius 3 is 1.62 bits per heavy atom. The van der Waals surface area contributed by atoms with Gasteiger partial charge in [0, 0.05) is 39.3 Å². The van der Waals surface area contributed by atoms with Crippen molar-refractivity contribution in [2.75, 3.05) is 85.1 Å². The summed E-state index contributed by atoms with van der Waals surface area (Å²) in [5.41, 5.74) is 2.97. The monoisotopic (exact) mass is 584 g/mol. The van der Waals surface area contributed by atoms with Crippen molar-refractivity contribution in [3.8, 4) is 0 Å². The Labute approximate surface area is 262 Å². The van der Waals surface area contributed by atoms with E-state index in [0.29, 0.717) is 0 Å². The topological polar surface area (TPSA) is 16.2 Å². The van der Waals surface area contributed by atoms with E-state index in [4.69, 9.17) is 0 Å². The fourth-order valence-corrected chi connectivity index (χ4v) is 6.98. The van der Waals surface area contributed by atoms with Gasteiger partial charge >= 0.3 is 0 Å². The zero-order valence-corrected chi connectivity index (χ0v) is 28.3. The number of piperazine rings is 1. The highest BCUT2D eigenvalue weighted by atomic mass is 15.3. The smallest absolute Gasteiger partial charge is 0.0233 e. The Hall–Kier alpha value is -0.980. The van der Waals surface area contributed by atoms with Gasteiger partial charge in [-0.3, -0.25) is 9.80 Å². The van der Waals surface area contributed by atoms with E-state index >= 15 is 0 Å². The lowest BCUT2D eigenvalue weighted by molar-refractivity contribution is 0.125. The molecule has 1 aromatic carbocycles. The first kappa shape index (κ1) is 35.5. The summed E-state index contributed by atoms with van der Waals surface area (Å²) in [7, 11) is 0. The van der Waals surface area contributed by atoms with Crippen LogP contribution in [-0.2, 0) is 13.1 Å². The minimum Gasteiger partial charge on any atom is -0.303 e. The summed E-state index contributed by atoms with van der Waals surface area (Å²) in [6.45, 7) is 25.5. The number of benzene rings is 1. The summed E-state index contributed by atoms with van der Waals surface area (Å²) in [6, 6.07) is 9.68. The number of hydrogen-bond acceptors (Lipinski definition) is 5. The molecule has 2 aliphatic heterocycles. The standard InChI is InChI=1S/C37H69N5/c1-4-7-23-39-30-32-40(33-31-39)27-16-28-41(22-6-3)34-36-17-19-37(20-18-36)35-42-25-14-12-10-8-9-11-13-24-38(21-5-2)26-15-29-42/h17-20H,4-16,21-35H2,1-3H3. The van der Waals surface area contributed by atoms with E-state index in [1.807, 2.05) is 0 Å². The van der Waals surface area contributed by atoms with Gasteiger partial charge in [0.05, 0.1) is 0 Å². The highest BCUT2D eigenvalue weighted by Crippen LogP contribution is 2.15. The lowest BCUT2D eigenvalue weighted by atomic mass is 10.1. The van der Waals surface area contributed by atoms with Crippen molar-refractivity contribution in [1.82, 2.24) is 24.5 Å². The SMILES string of the molecule is CCCCN1CCN(CCCN(CCC)Cc2ccc(CN3CCCCCCCCCN(CCC)CCC3)cc2)CC1. The average Bonchev–Trinajstić information content (AvgIpc) is 3.00. The highest BCUT2D eigenvalue weighted by Gasteiger charge is 2.16. The third kappa shape index (κ3) is 15.1. The maximum atomic E-state index is 2.75. The molecule has 2 saturated heterocycles. The van der Waals surface area contributed by atoms with Crippen LogP contribution in [0.4, 0.5) is 0 Å². The largest absolute Gasteiger partial charge is 0.303 e. The molecule has 3 rings (SSSR count). The minimum absolute atomic E-state index is 1.09. The van der Waals surface area contributed by atoms with Crippen molar-refractivity contribution in [3.63, 3.8) is 0 Å². The molecule has 0 atom stereocenters. The first-order chi connectivity index (χ1) is 20.7. The van der Waals surface area contributed by atoms with Crippen molar-refractivity contribution in [2.45, 2.75) is 117 Å². The van der Waals surface area contributed by atoms with Crippen LogP contribution in [0.1, 0.15) is 115 Å². The lowest BCUT2D eigenvalue weighted by Gasteiger charge is -2.35. The second-order valence-electron chi connectivity index (χ2n) is 13.4. The molecule has 42 heavy (non-hydrogen) atoms. The van der Waals surface area contributed by atoms with Gasteiger partial charge in [-0.05, 0) is 115 Å². The highest BCUT2D eigenvalue weighted by molar-refractivity contribution is 5.22. The Kier molecular flexibility index (Phi) is 19.0. The molecule has 0 N–H and O–H groups in total. The van der Waals surface area contributed by atoms with Gasteiger partial charge in [-0.15, -0.1) is 0 Å². The van der Waals surface area contributed by atoms with E-state index in [0.717, 1.165) is 13.1 Å². The zero-order valence-electron chi connectivity index (χ0n) is 28.3. The van der Waals surface area contributed by atoms with E-state index in [1.54, 1.807) is 0 Å². The summed E-state index contributed by atoms with van der Waals surface area (Å²) in [4.78, 5) is 13.5. The second-order valence-corrected chi connectivity index (χ2v) is 13.4. The number of nitrogens with zero attached hydrogens (tertiary/aromatic N) is 5. The second kappa shape index (κ2) is 22.5. The van der Waals surface area contributed by atoms with Crippen LogP contribution < -0.4 is 0 Å². The third-order valence-electron chi connectivity index (χ3n) is 9.55. The quantitative estimate of drug-likeness (QED) is 0.214. The molecule has 5 nitrogen and oxygen atoms in total. The Bertz CT molecular complexity index is 760. The molecule has 2 aliphatic rings. The summed E-state index contributed by atoms with van der Waals surface area (Å²) >= 11 is 0. The van der Waals surface area contributed by atoms with Gasteiger partial charge in [-0.25, -0.2) is 0 Å². The van der Waals surface area contributed by atoms with Gasteiger partial charge < -0.3 is 14.7 Å². The predicted octanol–water partition coefficient (Wildman–Crippen LogP) is 7.35. The van der Waals surface area contributed by atoms with Gasteiger partial charge in [-0.2, -0.15) is 0 Å². The van der Waals surface area contributed by atoms with Crippen LogP contribution in [-0.4, -0.2) is 110 Å². The number of rotatable bonds is 15. The molecule has 0 saturated carbocycles. The van der Waals surface area contributed by atoms with E-state index < -0.39 is 0 Å². The van der Waals surface area contributed by atoms with Crippen LogP contribution in [0, 0.1) is 0 Å². The van der Waals surface area contributed by atoms with Crippen LogP contribution in [0.15, 0.2) is 24.3 Å². The van der Waals surface area contributed by atoms with Crippen molar-refractivity contribution in [1.29, 1.82) is 0 Å². The first-order valence-corrected chi connectivity index (χ1v) is 18.4. The molecule has 2 fully saturated rings. The van der Waals surface area contributed by atoms with Gasteiger partial charge in [0.1, 0.15) is 0 Å². The average molecular weight is 584 g/mol. The minimum atomic E-state index is 1.09. The fraction of sp³-hybridized carbons (Fsp3) is 0.838. The van der Waals surface area contributed by atoms with Crippen LogP contribution in [0.5, 0.6) is 0 Å². The van der Waals surface area contributed by atoms with Crippen LogP contribution in [0.2, 0.25) is 0 Å². The maximum Gasteiger partial charge on any atom is 0.0233 e. The molecule has 5 heteroatoms. The Morgan fingerprint density at radius 1 is 0.476 bits per heavy atom. The number of hydrogen-bond donors (Lipinski definition) is 0. The van der Waals surface area contributed by atoms with E-state index in [-0.39, 0.29) is 0 Å². The Balaban J connectivity index is 1.43. The van der Waals surface area contributed by atoms with Crippen molar-refractivity contribution >= 4 is 0 Å². The molecule has 1 aromatic rings. The molecular formula is C37H69N5. The van der Waals surface area contributed by atoms with Crippen LogP contribution in [0.3, 0.4) is 0 Å². The summed E-state index contributed by atoms with van der Waals surface area (Å²) < 4.78 is 0. The molecule has 0 spiro atoms. The lowest BCUT2D eigenvalue weighted by Crippen LogP contribution is -2.47. The predicted molar refractivity (Wildman–Crippen MR) is 183 cm³/mol. The summed E-state index contributed by atoms with van der Waals surface area (Å²) in [5.74, 6) is 0. The van der Waals surface area contributed by atoms with E-state index in [2.05, 4.69) is 69.5 Å². The van der Waals surface area contributed by atoms with Crippen LogP contribution >= 0.6 is 0 Å². The normalized spacial score (nSPS) is 20.2. The van der Waals surface area contributed by atoms with Crippen molar-refractivity contribution in [2.24, 2.45) is 0 Å². The van der Waals surface area contributed by atoms with Gasteiger partial charge in [0.25, 0.3) is 0 Å². The molecule has 0 aliphatic carbocycles. The molecule has 0 amide bonds. The van der Waals surface area contributed by atoms with Gasteiger partial charge in [-0.1, -0.05) is 83.6 Å². The molecule has 242 valence electrons. The molecule has 2 heterocycles. The summed E-state index contributed by atoms with van der Waals surface area (Å²) in [5, 5.41) is 0. The molecule has 0 bridgehead atoms. The molecule has 0 unspecified atom stereocenters. The maximum absolute atomic E-state index is 2.75. The third-order valence-corrected chi connectivity index (χ3v) is 9.55. The molecule has 0 radical (unpaired) electrons. The molecule has 0 aromatic heterocycles. The number of unbranched alkanes of at least 4 members (excludes halogenated alkanes) is 1. The Morgan fingerprint density at radius 2 is 1.00 bits per heavy atom. The van der Waals surface area contributed by atoms with Gasteiger partial charge in [0.2, 0.25) is 0 Å².